The fourth-order valence-electron chi connectivity index (χ4n) is 4.22. The molecule has 0 saturated carbocycles. The maximum atomic E-state index is 12.8. The van der Waals surface area contributed by atoms with Gasteiger partial charge < -0.3 is 14.6 Å². The van der Waals surface area contributed by atoms with Crippen LogP contribution in [0.5, 0.6) is 0 Å². The number of thiophene rings is 1. The van der Waals surface area contributed by atoms with E-state index in [1.54, 1.807) is 6.26 Å². The Labute approximate surface area is 169 Å². The van der Waals surface area contributed by atoms with E-state index >= 15 is 0 Å². The Morgan fingerprint density at radius 2 is 2.04 bits per heavy atom. The molecular weight excluding hydrogens is 374 g/mol. The van der Waals surface area contributed by atoms with Gasteiger partial charge in [0.15, 0.2) is 0 Å². The van der Waals surface area contributed by atoms with Crippen LogP contribution in [0.4, 0.5) is 0 Å². The number of hydrogen-bond acceptors (Lipinski definition) is 5. The van der Waals surface area contributed by atoms with Crippen molar-refractivity contribution in [2.45, 2.75) is 31.7 Å². The first-order valence-corrected chi connectivity index (χ1v) is 11.0. The van der Waals surface area contributed by atoms with Gasteiger partial charge in [0, 0.05) is 19.6 Å². The largest absolute Gasteiger partial charge is 0.468 e. The van der Waals surface area contributed by atoms with E-state index in [4.69, 9.17) is 4.42 Å². The molecule has 4 rings (SSSR count). The SMILES string of the molecule is O=C(NC[C@H](c1ccco1)N1CCCC1)[C@@H]1CCCN(C(=O)c2cccs2)C1. The summed E-state index contributed by atoms with van der Waals surface area (Å²) >= 11 is 1.45. The third kappa shape index (κ3) is 4.31. The fourth-order valence-corrected chi connectivity index (χ4v) is 4.91. The molecule has 7 heteroatoms. The van der Waals surface area contributed by atoms with Crippen LogP contribution in [0, 0.1) is 5.92 Å². The number of nitrogens with zero attached hydrogens (tertiary/aromatic N) is 2. The number of hydrogen-bond donors (Lipinski definition) is 1. The monoisotopic (exact) mass is 401 g/mol. The first-order chi connectivity index (χ1) is 13.7. The van der Waals surface area contributed by atoms with Crippen molar-refractivity contribution in [3.05, 3.63) is 46.5 Å². The number of furan rings is 1. The van der Waals surface area contributed by atoms with Gasteiger partial charge in [-0.25, -0.2) is 0 Å². The molecule has 0 aliphatic carbocycles. The summed E-state index contributed by atoms with van der Waals surface area (Å²) in [6.45, 7) is 3.84. The molecule has 0 unspecified atom stereocenters. The van der Waals surface area contributed by atoms with E-state index in [9.17, 15) is 9.59 Å². The molecule has 2 atom stereocenters. The van der Waals surface area contributed by atoms with Crippen LogP contribution in [0.25, 0.3) is 0 Å². The third-order valence-electron chi connectivity index (χ3n) is 5.73. The second kappa shape index (κ2) is 8.92. The molecule has 2 aliphatic heterocycles. The molecule has 0 bridgehead atoms. The van der Waals surface area contributed by atoms with Gasteiger partial charge in [-0.05, 0) is 62.4 Å². The molecule has 2 fully saturated rings. The van der Waals surface area contributed by atoms with Gasteiger partial charge in [0.05, 0.1) is 23.1 Å². The van der Waals surface area contributed by atoms with E-state index in [0.717, 1.165) is 43.1 Å². The van der Waals surface area contributed by atoms with Crippen molar-refractivity contribution in [3.63, 3.8) is 0 Å². The minimum Gasteiger partial charge on any atom is -0.468 e. The van der Waals surface area contributed by atoms with Gasteiger partial charge >= 0.3 is 0 Å². The minimum atomic E-state index is -0.145. The minimum absolute atomic E-state index is 0.0398. The maximum absolute atomic E-state index is 12.8. The average molecular weight is 402 g/mol. The summed E-state index contributed by atoms with van der Waals surface area (Å²) in [6, 6.07) is 7.70. The summed E-state index contributed by atoms with van der Waals surface area (Å²) in [5.41, 5.74) is 0. The highest BCUT2D eigenvalue weighted by Gasteiger charge is 2.31. The van der Waals surface area contributed by atoms with E-state index in [1.807, 2.05) is 34.5 Å². The highest BCUT2D eigenvalue weighted by molar-refractivity contribution is 7.12. The molecule has 2 aliphatic rings. The lowest BCUT2D eigenvalue weighted by atomic mass is 9.96. The van der Waals surface area contributed by atoms with Gasteiger partial charge in [-0.2, -0.15) is 0 Å². The average Bonchev–Trinajstić information content (AvgIpc) is 3.51. The molecule has 2 aromatic rings. The van der Waals surface area contributed by atoms with Crippen molar-refractivity contribution in [1.82, 2.24) is 15.1 Å². The molecule has 2 amide bonds. The van der Waals surface area contributed by atoms with E-state index in [-0.39, 0.29) is 23.8 Å². The lowest BCUT2D eigenvalue weighted by molar-refractivity contribution is -0.126. The molecule has 2 saturated heterocycles. The Bertz CT molecular complexity index is 769. The molecule has 28 heavy (non-hydrogen) atoms. The summed E-state index contributed by atoms with van der Waals surface area (Å²) < 4.78 is 5.63. The van der Waals surface area contributed by atoms with Crippen LogP contribution in [0.3, 0.4) is 0 Å². The topological polar surface area (TPSA) is 65.8 Å². The van der Waals surface area contributed by atoms with Crippen molar-refractivity contribution in [1.29, 1.82) is 0 Å². The van der Waals surface area contributed by atoms with E-state index in [2.05, 4.69) is 10.2 Å². The van der Waals surface area contributed by atoms with Crippen LogP contribution in [0.1, 0.15) is 47.2 Å². The zero-order valence-corrected chi connectivity index (χ0v) is 16.8. The predicted octanol–water partition coefficient (Wildman–Crippen LogP) is 3.15. The molecule has 6 nitrogen and oxygen atoms in total. The van der Waals surface area contributed by atoms with Gasteiger partial charge in [-0.3, -0.25) is 14.5 Å². The number of carbonyl (C=O) groups is 2. The molecule has 1 N–H and O–H groups in total. The highest BCUT2D eigenvalue weighted by Crippen LogP contribution is 2.26. The first kappa shape index (κ1) is 19.2. The smallest absolute Gasteiger partial charge is 0.263 e. The van der Waals surface area contributed by atoms with Gasteiger partial charge in [0.2, 0.25) is 5.91 Å². The zero-order chi connectivity index (χ0) is 19.3. The van der Waals surface area contributed by atoms with Gasteiger partial charge in [0.25, 0.3) is 5.91 Å². The van der Waals surface area contributed by atoms with Crippen molar-refractivity contribution < 1.29 is 14.0 Å². The van der Waals surface area contributed by atoms with Gasteiger partial charge in [-0.1, -0.05) is 6.07 Å². The lowest BCUT2D eigenvalue weighted by Crippen LogP contribution is -2.46. The predicted molar refractivity (Wildman–Crippen MR) is 108 cm³/mol. The van der Waals surface area contributed by atoms with Crippen LogP contribution in [0.2, 0.25) is 0 Å². The summed E-state index contributed by atoms with van der Waals surface area (Å²) in [4.78, 5) is 30.4. The Morgan fingerprint density at radius 3 is 2.75 bits per heavy atom. The number of rotatable bonds is 6. The number of piperidine rings is 1. The molecule has 150 valence electrons. The summed E-state index contributed by atoms with van der Waals surface area (Å²) in [5, 5.41) is 5.05. The molecule has 2 aromatic heterocycles. The summed E-state index contributed by atoms with van der Waals surface area (Å²) in [5.74, 6) is 0.839. The fraction of sp³-hybridized carbons (Fsp3) is 0.524. The Morgan fingerprint density at radius 1 is 1.18 bits per heavy atom. The van der Waals surface area contributed by atoms with E-state index in [0.29, 0.717) is 13.1 Å². The van der Waals surface area contributed by atoms with Crippen LogP contribution >= 0.6 is 11.3 Å². The number of likely N-dealkylation sites (tertiary alicyclic amines) is 2. The standard InChI is InChI=1S/C21H27N3O3S/c25-20(16-6-3-11-24(15-16)21(26)19-8-5-13-28-19)22-14-17(18-7-4-12-27-18)23-9-1-2-10-23/h4-5,7-8,12-13,16-17H,1-3,6,9-11,14-15H2,(H,22,25)/t16-,17-/m1/s1. The van der Waals surface area contributed by atoms with Crippen molar-refractivity contribution in [2.24, 2.45) is 5.92 Å². The quantitative estimate of drug-likeness (QED) is 0.808. The molecule has 0 aromatic carbocycles. The van der Waals surface area contributed by atoms with Gasteiger partial charge in [0.1, 0.15) is 5.76 Å². The molecule has 0 spiro atoms. The second-order valence-electron chi connectivity index (χ2n) is 7.59. The van der Waals surface area contributed by atoms with E-state index < -0.39 is 0 Å². The third-order valence-corrected chi connectivity index (χ3v) is 6.59. The Kier molecular flexibility index (Phi) is 6.12. The molecule has 4 heterocycles. The van der Waals surface area contributed by atoms with Crippen LogP contribution in [0.15, 0.2) is 40.3 Å². The van der Waals surface area contributed by atoms with Crippen molar-refractivity contribution in [2.75, 3.05) is 32.7 Å². The van der Waals surface area contributed by atoms with Crippen LogP contribution in [-0.4, -0.2) is 54.3 Å². The summed E-state index contributed by atoms with van der Waals surface area (Å²) in [7, 11) is 0. The molecular formula is C21H27N3O3S. The van der Waals surface area contributed by atoms with E-state index in [1.165, 1.54) is 24.2 Å². The maximum Gasteiger partial charge on any atom is 0.263 e. The van der Waals surface area contributed by atoms with Crippen LogP contribution in [-0.2, 0) is 4.79 Å². The van der Waals surface area contributed by atoms with Crippen molar-refractivity contribution >= 4 is 23.2 Å². The Balaban J connectivity index is 1.35. The second-order valence-corrected chi connectivity index (χ2v) is 8.53. The number of amides is 2. The normalized spacial score (nSPS) is 21.6. The summed E-state index contributed by atoms with van der Waals surface area (Å²) in [6.07, 6.45) is 5.76. The first-order valence-electron chi connectivity index (χ1n) is 10.1. The van der Waals surface area contributed by atoms with Crippen LogP contribution < -0.4 is 5.32 Å². The highest BCUT2D eigenvalue weighted by atomic mass is 32.1. The van der Waals surface area contributed by atoms with Crippen molar-refractivity contribution in [3.8, 4) is 0 Å². The Hall–Kier alpha value is -2.12. The zero-order valence-electron chi connectivity index (χ0n) is 16.0. The lowest BCUT2D eigenvalue weighted by Gasteiger charge is -2.32. The molecule has 0 radical (unpaired) electrons. The number of nitrogens with one attached hydrogen (secondary N) is 1. The van der Waals surface area contributed by atoms with Gasteiger partial charge in [-0.15, -0.1) is 11.3 Å². The number of carbonyl (C=O) groups excluding carboxylic acids is 2.